The van der Waals surface area contributed by atoms with E-state index in [9.17, 15) is 5.11 Å². The maximum atomic E-state index is 9.83. The van der Waals surface area contributed by atoms with E-state index in [1.807, 2.05) is 26.0 Å². The highest BCUT2D eigenvalue weighted by Crippen LogP contribution is 2.26. The Balaban J connectivity index is 2.60. The van der Waals surface area contributed by atoms with Gasteiger partial charge in [-0.15, -0.1) is 0 Å². The molecule has 0 aliphatic heterocycles. The van der Waals surface area contributed by atoms with Crippen LogP contribution in [0.1, 0.15) is 18.1 Å². The number of rotatable bonds is 5. The number of benzene rings is 1. The largest absolute Gasteiger partial charge is 0.507 e. The van der Waals surface area contributed by atoms with E-state index in [1.54, 1.807) is 0 Å². The van der Waals surface area contributed by atoms with Gasteiger partial charge >= 0.3 is 0 Å². The van der Waals surface area contributed by atoms with Gasteiger partial charge in [0.2, 0.25) is 0 Å². The quantitative estimate of drug-likeness (QED) is 0.778. The Bertz CT molecular complexity index is 355. The monoisotopic (exact) mass is 287 g/mol. The van der Waals surface area contributed by atoms with E-state index >= 15 is 0 Å². The molecule has 0 spiro atoms. The van der Waals surface area contributed by atoms with Crippen molar-refractivity contribution in [2.75, 3.05) is 13.2 Å². The summed E-state index contributed by atoms with van der Waals surface area (Å²) in [4.78, 5) is 0. The number of hydrogen-bond donors (Lipinski definition) is 3. The number of aromatic hydroxyl groups is 1. The van der Waals surface area contributed by atoms with Gasteiger partial charge in [0.15, 0.2) is 0 Å². The molecule has 4 heteroatoms. The molecule has 90 valence electrons. The molecule has 1 aromatic carbocycles. The fraction of sp³-hybridized carbons (Fsp3) is 0.500. The molecule has 3 nitrogen and oxygen atoms in total. The Hall–Kier alpha value is -0.580. The minimum Gasteiger partial charge on any atom is -0.507 e. The van der Waals surface area contributed by atoms with Crippen LogP contribution in [0.2, 0.25) is 0 Å². The summed E-state index contributed by atoms with van der Waals surface area (Å²) >= 11 is 3.40. The van der Waals surface area contributed by atoms with Gasteiger partial charge < -0.3 is 15.5 Å². The maximum absolute atomic E-state index is 9.83. The van der Waals surface area contributed by atoms with Crippen LogP contribution in [0.3, 0.4) is 0 Å². The Morgan fingerprint density at radius 3 is 2.75 bits per heavy atom. The molecular formula is C12H18BrNO2. The van der Waals surface area contributed by atoms with Gasteiger partial charge in [-0.1, -0.05) is 22.9 Å². The van der Waals surface area contributed by atoms with Crippen molar-refractivity contribution in [3.8, 4) is 5.75 Å². The lowest BCUT2D eigenvalue weighted by molar-refractivity contribution is 0.233. The first-order chi connectivity index (χ1) is 7.54. The molecule has 0 saturated heterocycles. The molecule has 0 saturated carbocycles. The van der Waals surface area contributed by atoms with E-state index in [0.717, 1.165) is 22.1 Å². The predicted molar refractivity (Wildman–Crippen MR) is 68.5 cm³/mol. The van der Waals surface area contributed by atoms with E-state index in [-0.39, 0.29) is 12.5 Å². The summed E-state index contributed by atoms with van der Waals surface area (Å²) in [5.41, 5.74) is 1.73. The SMILES string of the molecule is Cc1cc(Br)cc(CNCC(C)CO)c1O. The molecule has 0 fully saturated rings. The number of halogens is 1. The summed E-state index contributed by atoms with van der Waals surface area (Å²) in [6, 6.07) is 3.79. The molecule has 1 unspecified atom stereocenters. The molecule has 0 radical (unpaired) electrons. The minimum atomic E-state index is 0.177. The van der Waals surface area contributed by atoms with Crippen molar-refractivity contribution in [2.24, 2.45) is 5.92 Å². The van der Waals surface area contributed by atoms with Crippen molar-refractivity contribution in [1.82, 2.24) is 5.32 Å². The van der Waals surface area contributed by atoms with Crippen LogP contribution in [0.15, 0.2) is 16.6 Å². The molecule has 0 heterocycles. The number of phenolic OH excluding ortho intramolecular Hbond substituents is 1. The van der Waals surface area contributed by atoms with E-state index in [2.05, 4.69) is 21.2 Å². The second kappa shape index (κ2) is 6.23. The van der Waals surface area contributed by atoms with Gasteiger partial charge in [-0.05, 0) is 30.5 Å². The molecule has 0 aromatic heterocycles. The Morgan fingerprint density at radius 1 is 1.44 bits per heavy atom. The molecule has 0 aliphatic rings. The van der Waals surface area contributed by atoms with Crippen LogP contribution in [-0.2, 0) is 6.54 Å². The third-order valence-electron chi connectivity index (χ3n) is 2.46. The van der Waals surface area contributed by atoms with E-state index in [1.165, 1.54) is 0 Å². The number of aliphatic hydroxyl groups is 1. The fourth-order valence-electron chi connectivity index (χ4n) is 1.46. The lowest BCUT2D eigenvalue weighted by atomic mass is 10.1. The van der Waals surface area contributed by atoms with Gasteiger partial charge in [-0.3, -0.25) is 0 Å². The normalized spacial score (nSPS) is 12.8. The second-order valence-corrected chi connectivity index (χ2v) is 5.06. The number of nitrogens with one attached hydrogen (secondary N) is 1. The summed E-state index contributed by atoms with van der Waals surface area (Å²) in [6.07, 6.45) is 0. The van der Waals surface area contributed by atoms with Gasteiger partial charge in [0, 0.05) is 29.7 Å². The zero-order chi connectivity index (χ0) is 12.1. The molecule has 0 aliphatic carbocycles. The van der Waals surface area contributed by atoms with Crippen LogP contribution in [0, 0.1) is 12.8 Å². The van der Waals surface area contributed by atoms with Crippen LogP contribution in [0.4, 0.5) is 0 Å². The molecule has 3 N–H and O–H groups in total. The average Bonchev–Trinajstić information content (AvgIpc) is 2.24. The number of hydrogen-bond acceptors (Lipinski definition) is 3. The lowest BCUT2D eigenvalue weighted by Gasteiger charge is -2.12. The zero-order valence-corrected chi connectivity index (χ0v) is 11.2. The third-order valence-corrected chi connectivity index (χ3v) is 2.92. The topological polar surface area (TPSA) is 52.5 Å². The van der Waals surface area contributed by atoms with E-state index in [4.69, 9.17) is 5.11 Å². The smallest absolute Gasteiger partial charge is 0.123 e. The van der Waals surface area contributed by atoms with Gasteiger partial charge in [0.05, 0.1) is 0 Å². The molecule has 16 heavy (non-hydrogen) atoms. The highest BCUT2D eigenvalue weighted by molar-refractivity contribution is 9.10. The summed E-state index contributed by atoms with van der Waals surface area (Å²) in [5, 5.41) is 21.9. The van der Waals surface area contributed by atoms with Crippen LogP contribution in [0.5, 0.6) is 5.75 Å². The van der Waals surface area contributed by atoms with Gasteiger partial charge in [-0.2, -0.15) is 0 Å². The zero-order valence-electron chi connectivity index (χ0n) is 9.63. The van der Waals surface area contributed by atoms with Crippen molar-refractivity contribution in [3.05, 3.63) is 27.7 Å². The number of aryl methyl sites for hydroxylation is 1. The van der Waals surface area contributed by atoms with Crippen molar-refractivity contribution < 1.29 is 10.2 Å². The molecule has 1 rings (SSSR count). The second-order valence-electron chi connectivity index (χ2n) is 4.15. The maximum Gasteiger partial charge on any atom is 0.123 e. The molecular weight excluding hydrogens is 270 g/mol. The van der Waals surface area contributed by atoms with Crippen LogP contribution < -0.4 is 5.32 Å². The Kier molecular flexibility index (Phi) is 5.25. The lowest BCUT2D eigenvalue weighted by Crippen LogP contribution is -2.22. The summed E-state index contributed by atoms with van der Waals surface area (Å²) in [7, 11) is 0. The fourth-order valence-corrected chi connectivity index (χ4v) is 2.08. The first-order valence-corrected chi connectivity index (χ1v) is 6.13. The first-order valence-electron chi connectivity index (χ1n) is 5.34. The standard InChI is InChI=1S/C12H18BrNO2/c1-8(7-15)5-14-6-10-4-11(13)3-9(2)12(10)16/h3-4,8,14-16H,5-7H2,1-2H3. The highest BCUT2D eigenvalue weighted by atomic mass is 79.9. The number of phenols is 1. The average molecular weight is 288 g/mol. The van der Waals surface area contributed by atoms with E-state index < -0.39 is 0 Å². The summed E-state index contributed by atoms with van der Waals surface area (Å²) < 4.78 is 0.967. The Labute approximate surface area is 105 Å². The highest BCUT2D eigenvalue weighted by Gasteiger charge is 2.06. The molecule has 1 aromatic rings. The van der Waals surface area contributed by atoms with Gasteiger partial charge in [-0.25, -0.2) is 0 Å². The van der Waals surface area contributed by atoms with Crippen LogP contribution >= 0.6 is 15.9 Å². The van der Waals surface area contributed by atoms with Crippen LogP contribution in [-0.4, -0.2) is 23.4 Å². The predicted octanol–water partition coefficient (Wildman–Crippen LogP) is 2.18. The van der Waals surface area contributed by atoms with Gasteiger partial charge in [0.25, 0.3) is 0 Å². The summed E-state index contributed by atoms with van der Waals surface area (Å²) in [5.74, 6) is 0.572. The van der Waals surface area contributed by atoms with Gasteiger partial charge in [0.1, 0.15) is 5.75 Å². The third kappa shape index (κ3) is 3.77. The van der Waals surface area contributed by atoms with Crippen molar-refractivity contribution in [2.45, 2.75) is 20.4 Å². The minimum absolute atomic E-state index is 0.177. The summed E-state index contributed by atoms with van der Waals surface area (Å²) in [6.45, 7) is 5.37. The Morgan fingerprint density at radius 2 is 2.12 bits per heavy atom. The molecule has 0 amide bonds. The first kappa shape index (κ1) is 13.5. The van der Waals surface area contributed by atoms with Crippen LogP contribution in [0.25, 0.3) is 0 Å². The molecule has 1 atom stereocenters. The molecule has 0 bridgehead atoms. The van der Waals surface area contributed by atoms with Crippen molar-refractivity contribution in [3.63, 3.8) is 0 Å². The van der Waals surface area contributed by atoms with Crippen molar-refractivity contribution >= 4 is 15.9 Å². The van der Waals surface area contributed by atoms with Crippen molar-refractivity contribution in [1.29, 1.82) is 0 Å². The van der Waals surface area contributed by atoms with E-state index in [0.29, 0.717) is 12.3 Å². The number of aliphatic hydroxyl groups excluding tert-OH is 1.